The fourth-order valence-electron chi connectivity index (χ4n) is 4.53. The monoisotopic (exact) mass is 345 g/mol. The molecule has 1 aromatic carbocycles. The zero-order chi connectivity index (χ0) is 17.9. The topological polar surface area (TPSA) is 78.5 Å². The zero-order valence-corrected chi connectivity index (χ0v) is 14.1. The molecule has 132 valence electrons. The smallest absolute Gasteiger partial charge is 0.250 e. The van der Waals surface area contributed by atoms with Crippen LogP contribution in [0.2, 0.25) is 0 Å². The molecule has 0 aliphatic carbocycles. The van der Waals surface area contributed by atoms with E-state index in [4.69, 9.17) is 0 Å². The van der Waals surface area contributed by atoms with Crippen molar-refractivity contribution in [3.63, 3.8) is 0 Å². The molecule has 0 bridgehead atoms. The summed E-state index contributed by atoms with van der Waals surface area (Å²) >= 11 is 0. The van der Waals surface area contributed by atoms with E-state index in [-0.39, 0.29) is 17.9 Å². The minimum absolute atomic E-state index is 0.238. The van der Waals surface area contributed by atoms with Gasteiger partial charge in [-0.15, -0.1) is 0 Å². The molecule has 0 aromatic heterocycles. The van der Waals surface area contributed by atoms with Crippen LogP contribution in [0.15, 0.2) is 18.2 Å². The highest BCUT2D eigenvalue weighted by Crippen LogP contribution is 2.52. The SMILES string of the molecule is CCCCN1C(=O)[C@H]2[C@@H](C1=O)[C@@]1(N[C@@H]2C)C(=O)Nc2ccc(F)cc21. The predicted molar refractivity (Wildman–Crippen MR) is 87.9 cm³/mol. The fraction of sp³-hybridized carbons (Fsp3) is 0.500. The normalized spacial score (nSPS) is 33.2. The van der Waals surface area contributed by atoms with E-state index in [1.165, 1.54) is 23.1 Å². The first kappa shape index (κ1) is 16.2. The Hall–Kier alpha value is -2.28. The van der Waals surface area contributed by atoms with Gasteiger partial charge in [-0.1, -0.05) is 13.3 Å². The number of unbranched alkanes of at least 4 members (excludes halogenated alkanes) is 1. The average molecular weight is 345 g/mol. The van der Waals surface area contributed by atoms with Gasteiger partial charge in [0.2, 0.25) is 17.7 Å². The Morgan fingerprint density at radius 3 is 2.72 bits per heavy atom. The van der Waals surface area contributed by atoms with E-state index in [0.717, 1.165) is 12.8 Å². The molecule has 4 atom stereocenters. The Balaban J connectivity index is 1.83. The highest BCUT2D eigenvalue weighted by Gasteiger charge is 2.69. The molecule has 3 aliphatic heterocycles. The van der Waals surface area contributed by atoms with Crippen LogP contribution in [0.4, 0.5) is 10.1 Å². The molecule has 0 saturated carbocycles. The molecule has 3 amide bonds. The van der Waals surface area contributed by atoms with Crippen LogP contribution >= 0.6 is 0 Å². The molecule has 25 heavy (non-hydrogen) atoms. The van der Waals surface area contributed by atoms with Crippen LogP contribution in [-0.4, -0.2) is 35.2 Å². The minimum atomic E-state index is -1.38. The van der Waals surface area contributed by atoms with Crippen molar-refractivity contribution in [1.29, 1.82) is 0 Å². The molecule has 3 heterocycles. The molecule has 7 heteroatoms. The number of amides is 3. The molecule has 2 N–H and O–H groups in total. The Bertz CT molecular complexity index is 796. The summed E-state index contributed by atoms with van der Waals surface area (Å²) in [7, 11) is 0. The van der Waals surface area contributed by atoms with Gasteiger partial charge >= 0.3 is 0 Å². The number of imide groups is 1. The van der Waals surface area contributed by atoms with Gasteiger partial charge in [-0.2, -0.15) is 0 Å². The lowest BCUT2D eigenvalue weighted by Crippen LogP contribution is -2.53. The maximum Gasteiger partial charge on any atom is 0.250 e. The van der Waals surface area contributed by atoms with Crippen LogP contribution in [0.25, 0.3) is 0 Å². The van der Waals surface area contributed by atoms with Crippen LogP contribution in [-0.2, 0) is 19.9 Å². The second-order valence-electron chi connectivity index (χ2n) is 7.07. The maximum atomic E-state index is 13.9. The highest BCUT2D eigenvalue weighted by atomic mass is 19.1. The van der Waals surface area contributed by atoms with E-state index in [2.05, 4.69) is 10.6 Å². The highest BCUT2D eigenvalue weighted by molar-refractivity contribution is 6.15. The van der Waals surface area contributed by atoms with Crippen molar-refractivity contribution in [2.75, 3.05) is 11.9 Å². The number of fused-ring (bicyclic) bond motifs is 4. The molecular weight excluding hydrogens is 325 g/mol. The third kappa shape index (κ3) is 1.96. The number of carbonyl (C=O) groups is 3. The number of anilines is 1. The van der Waals surface area contributed by atoms with Crippen molar-refractivity contribution in [3.8, 4) is 0 Å². The second kappa shape index (κ2) is 5.36. The molecule has 1 aromatic rings. The van der Waals surface area contributed by atoms with Crippen molar-refractivity contribution in [3.05, 3.63) is 29.6 Å². The third-order valence-corrected chi connectivity index (χ3v) is 5.65. The summed E-state index contributed by atoms with van der Waals surface area (Å²) < 4.78 is 13.9. The first-order valence-corrected chi connectivity index (χ1v) is 8.66. The van der Waals surface area contributed by atoms with E-state index < -0.39 is 29.1 Å². The van der Waals surface area contributed by atoms with E-state index >= 15 is 0 Å². The number of nitrogens with zero attached hydrogens (tertiary/aromatic N) is 1. The Morgan fingerprint density at radius 1 is 1.24 bits per heavy atom. The Labute approximate surface area is 144 Å². The largest absolute Gasteiger partial charge is 0.324 e. The molecule has 2 saturated heterocycles. The second-order valence-corrected chi connectivity index (χ2v) is 7.07. The minimum Gasteiger partial charge on any atom is -0.324 e. The van der Waals surface area contributed by atoms with Gasteiger partial charge in [0.15, 0.2) is 0 Å². The van der Waals surface area contributed by atoms with E-state index in [9.17, 15) is 18.8 Å². The molecular formula is C18H20FN3O3. The quantitative estimate of drug-likeness (QED) is 0.811. The fourth-order valence-corrected chi connectivity index (χ4v) is 4.53. The lowest BCUT2D eigenvalue weighted by Gasteiger charge is -2.29. The summed E-state index contributed by atoms with van der Waals surface area (Å²) in [5.41, 5.74) is -0.482. The molecule has 4 rings (SSSR count). The predicted octanol–water partition coefficient (Wildman–Crippen LogP) is 1.37. The number of likely N-dealkylation sites (tertiary alicyclic amines) is 1. The van der Waals surface area contributed by atoms with Crippen LogP contribution in [0.3, 0.4) is 0 Å². The zero-order valence-electron chi connectivity index (χ0n) is 14.1. The van der Waals surface area contributed by atoms with Crippen molar-refractivity contribution in [2.24, 2.45) is 11.8 Å². The van der Waals surface area contributed by atoms with Gasteiger partial charge in [0.1, 0.15) is 11.4 Å². The third-order valence-electron chi connectivity index (χ3n) is 5.65. The van der Waals surface area contributed by atoms with Gasteiger partial charge < -0.3 is 5.32 Å². The van der Waals surface area contributed by atoms with Gasteiger partial charge in [0.05, 0.1) is 11.8 Å². The van der Waals surface area contributed by atoms with Crippen LogP contribution < -0.4 is 10.6 Å². The first-order chi connectivity index (χ1) is 11.9. The first-order valence-electron chi connectivity index (χ1n) is 8.66. The maximum absolute atomic E-state index is 13.9. The number of halogens is 1. The van der Waals surface area contributed by atoms with Gasteiger partial charge in [-0.3, -0.25) is 24.6 Å². The Kier molecular flexibility index (Phi) is 3.47. The van der Waals surface area contributed by atoms with E-state index in [0.29, 0.717) is 17.8 Å². The molecule has 1 spiro atoms. The van der Waals surface area contributed by atoms with Crippen molar-refractivity contribution in [1.82, 2.24) is 10.2 Å². The van der Waals surface area contributed by atoms with E-state index in [1.54, 1.807) is 6.92 Å². The van der Waals surface area contributed by atoms with Gasteiger partial charge in [0.25, 0.3) is 0 Å². The van der Waals surface area contributed by atoms with Gasteiger partial charge in [-0.25, -0.2) is 4.39 Å². The summed E-state index contributed by atoms with van der Waals surface area (Å²) in [4.78, 5) is 40.0. The van der Waals surface area contributed by atoms with Crippen LogP contribution in [0, 0.1) is 17.7 Å². The average Bonchev–Trinajstić information content (AvgIpc) is 3.12. The number of nitrogens with one attached hydrogen (secondary N) is 2. The molecule has 3 aliphatic rings. The Morgan fingerprint density at radius 2 is 2.00 bits per heavy atom. The molecule has 6 nitrogen and oxygen atoms in total. The van der Waals surface area contributed by atoms with Gasteiger partial charge in [-0.05, 0) is 31.5 Å². The summed E-state index contributed by atoms with van der Waals surface area (Å²) in [6.45, 7) is 4.15. The summed E-state index contributed by atoms with van der Waals surface area (Å²) in [5.74, 6) is -2.90. The summed E-state index contributed by atoms with van der Waals surface area (Å²) in [6.07, 6.45) is 1.59. The van der Waals surface area contributed by atoms with E-state index in [1.807, 2.05) is 6.92 Å². The number of carbonyl (C=O) groups excluding carboxylic acids is 3. The molecule has 2 fully saturated rings. The number of hydrogen-bond acceptors (Lipinski definition) is 4. The number of hydrogen-bond donors (Lipinski definition) is 2. The summed E-state index contributed by atoms with van der Waals surface area (Å²) in [5, 5.41) is 5.89. The molecule has 0 radical (unpaired) electrons. The standard InChI is InChI=1S/C18H20FN3O3/c1-3-4-7-22-15(23)13-9(2)21-18(14(13)16(22)24)11-8-10(19)5-6-12(11)20-17(18)25/h5-6,8-9,13-14,21H,3-4,7H2,1-2H3,(H,20,25)/t9-,13-,14+,18-/m1/s1. The van der Waals surface area contributed by atoms with Crippen LogP contribution in [0.5, 0.6) is 0 Å². The lowest BCUT2D eigenvalue weighted by atomic mass is 9.76. The van der Waals surface area contributed by atoms with Crippen molar-refractivity contribution < 1.29 is 18.8 Å². The lowest BCUT2D eigenvalue weighted by molar-refractivity contribution is -0.142. The van der Waals surface area contributed by atoms with Gasteiger partial charge in [0, 0.05) is 23.8 Å². The number of benzene rings is 1. The summed E-state index contributed by atoms with van der Waals surface area (Å²) in [6, 6.07) is 3.69. The van der Waals surface area contributed by atoms with Crippen molar-refractivity contribution >= 4 is 23.4 Å². The van der Waals surface area contributed by atoms with Crippen molar-refractivity contribution in [2.45, 2.75) is 38.3 Å². The number of rotatable bonds is 3. The van der Waals surface area contributed by atoms with Crippen LogP contribution in [0.1, 0.15) is 32.3 Å². The molecule has 0 unspecified atom stereocenters.